The third-order valence-electron chi connectivity index (χ3n) is 3.35. The maximum atomic E-state index is 12.0. The first-order chi connectivity index (χ1) is 10.1. The van der Waals surface area contributed by atoms with E-state index in [2.05, 4.69) is 15.6 Å². The van der Waals surface area contributed by atoms with Crippen molar-refractivity contribution in [1.29, 1.82) is 0 Å². The molecular formula is C13H18Cl2N4O2. The topological polar surface area (TPSA) is 77.5 Å². The van der Waals surface area contributed by atoms with Gasteiger partial charge < -0.3 is 20.6 Å². The lowest BCUT2D eigenvalue weighted by molar-refractivity contribution is 0.157. The van der Waals surface area contributed by atoms with E-state index in [0.717, 1.165) is 12.8 Å². The Kier molecular flexibility index (Phi) is 5.90. The number of hydrogen-bond acceptors (Lipinski definition) is 4. The number of rotatable bonds is 5. The van der Waals surface area contributed by atoms with E-state index in [1.165, 1.54) is 6.20 Å². The molecule has 8 heteroatoms. The summed E-state index contributed by atoms with van der Waals surface area (Å²) in [5, 5.41) is 15.9. The Morgan fingerprint density at radius 3 is 3.00 bits per heavy atom. The summed E-state index contributed by atoms with van der Waals surface area (Å²) in [6, 6.07) is 1.39. The van der Waals surface area contributed by atoms with Crippen LogP contribution in [0.25, 0.3) is 0 Å². The van der Waals surface area contributed by atoms with Crippen LogP contribution in [0.15, 0.2) is 12.3 Å². The van der Waals surface area contributed by atoms with E-state index in [-0.39, 0.29) is 18.7 Å². The van der Waals surface area contributed by atoms with Gasteiger partial charge in [-0.2, -0.15) is 0 Å². The van der Waals surface area contributed by atoms with Gasteiger partial charge in [0, 0.05) is 25.8 Å². The first kappa shape index (κ1) is 16.1. The standard InChI is InChI=1S/C13H18Cl2N4O2/c14-9-6-11(15)12(18-7-9)16-3-4-17-13(21)19-5-1-2-10(19)8-20/h6-7,10,20H,1-5,8H2,(H,16,18)(H,17,21)/t10-/m0/s1. The van der Waals surface area contributed by atoms with Crippen molar-refractivity contribution in [2.75, 3.05) is 31.6 Å². The fourth-order valence-electron chi connectivity index (χ4n) is 2.29. The number of nitrogens with zero attached hydrogens (tertiary/aromatic N) is 2. The Morgan fingerprint density at radius 2 is 2.29 bits per heavy atom. The number of nitrogens with one attached hydrogen (secondary N) is 2. The van der Waals surface area contributed by atoms with Crippen LogP contribution in [0.4, 0.5) is 10.6 Å². The van der Waals surface area contributed by atoms with Crippen molar-refractivity contribution in [2.24, 2.45) is 0 Å². The lowest BCUT2D eigenvalue weighted by atomic mass is 10.2. The van der Waals surface area contributed by atoms with Crippen molar-refractivity contribution in [3.63, 3.8) is 0 Å². The van der Waals surface area contributed by atoms with Gasteiger partial charge in [0.1, 0.15) is 5.82 Å². The van der Waals surface area contributed by atoms with E-state index < -0.39 is 0 Å². The minimum absolute atomic E-state index is 0.00989. The lowest BCUT2D eigenvalue weighted by Crippen LogP contribution is -2.45. The summed E-state index contributed by atoms with van der Waals surface area (Å²) < 4.78 is 0. The number of aliphatic hydroxyl groups excluding tert-OH is 1. The van der Waals surface area contributed by atoms with E-state index in [1.807, 2.05) is 0 Å². The average molecular weight is 333 g/mol. The number of carbonyl (C=O) groups excluding carboxylic acids is 1. The number of hydrogen-bond donors (Lipinski definition) is 3. The molecule has 1 fully saturated rings. The summed E-state index contributed by atoms with van der Waals surface area (Å²) in [6.45, 7) is 1.64. The van der Waals surface area contributed by atoms with Gasteiger partial charge in [-0.3, -0.25) is 0 Å². The van der Waals surface area contributed by atoms with E-state index in [4.69, 9.17) is 23.2 Å². The molecule has 1 aromatic rings. The zero-order chi connectivity index (χ0) is 15.2. The number of aliphatic hydroxyl groups is 1. The van der Waals surface area contributed by atoms with Crippen LogP contribution in [-0.2, 0) is 0 Å². The van der Waals surface area contributed by atoms with Gasteiger partial charge in [-0.1, -0.05) is 23.2 Å². The SMILES string of the molecule is O=C(NCCNc1ncc(Cl)cc1Cl)N1CCC[C@H]1CO. The summed E-state index contributed by atoms with van der Waals surface area (Å²) in [6.07, 6.45) is 3.29. The largest absolute Gasteiger partial charge is 0.394 e. The van der Waals surface area contributed by atoms with Crippen LogP contribution in [0, 0.1) is 0 Å². The number of urea groups is 1. The predicted octanol–water partition coefficient (Wildman–Crippen LogP) is 1.97. The summed E-state index contributed by atoms with van der Waals surface area (Å²) in [5.74, 6) is 0.532. The molecule has 2 heterocycles. The second kappa shape index (κ2) is 7.68. The number of aromatic nitrogens is 1. The van der Waals surface area contributed by atoms with Crippen LogP contribution >= 0.6 is 23.2 Å². The average Bonchev–Trinajstić information content (AvgIpc) is 2.93. The molecule has 0 aromatic carbocycles. The molecule has 2 amide bonds. The molecule has 116 valence electrons. The number of halogens is 2. The van der Waals surface area contributed by atoms with E-state index >= 15 is 0 Å². The highest BCUT2D eigenvalue weighted by atomic mass is 35.5. The quantitative estimate of drug-likeness (QED) is 0.720. The van der Waals surface area contributed by atoms with Gasteiger partial charge in [-0.15, -0.1) is 0 Å². The van der Waals surface area contributed by atoms with E-state index in [1.54, 1.807) is 11.0 Å². The molecule has 0 aliphatic carbocycles. The second-order valence-electron chi connectivity index (χ2n) is 4.81. The molecule has 0 radical (unpaired) electrons. The minimum Gasteiger partial charge on any atom is -0.394 e. The van der Waals surface area contributed by atoms with Crippen LogP contribution in [0.1, 0.15) is 12.8 Å². The maximum absolute atomic E-state index is 12.0. The van der Waals surface area contributed by atoms with Crippen molar-refractivity contribution >= 4 is 35.1 Å². The molecule has 1 saturated heterocycles. The van der Waals surface area contributed by atoms with Gasteiger partial charge in [-0.05, 0) is 18.9 Å². The van der Waals surface area contributed by atoms with Crippen LogP contribution in [-0.4, -0.2) is 53.3 Å². The molecule has 1 atom stereocenters. The van der Waals surface area contributed by atoms with Crippen molar-refractivity contribution in [3.8, 4) is 0 Å². The number of pyridine rings is 1. The van der Waals surface area contributed by atoms with Crippen LogP contribution in [0.5, 0.6) is 0 Å². The monoisotopic (exact) mass is 332 g/mol. The second-order valence-corrected chi connectivity index (χ2v) is 5.66. The smallest absolute Gasteiger partial charge is 0.317 e. The number of likely N-dealkylation sites (tertiary alicyclic amines) is 1. The summed E-state index contributed by atoms with van der Waals surface area (Å²) in [5.41, 5.74) is 0. The Balaban J connectivity index is 1.73. The molecule has 21 heavy (non-hydrogen) atoms. The van der Waals surface area contributed by atoms with E-state index in [9.17, 15) is 9.90 Å². The van der Waals surface area contributed by atoms with Gasteiger partial charge in [0.2, 0.25) is 0 Å². The summed E-state index contributed by atoms with van der Waals surface area (Å²) in [4.78, 5) is 17.7. The highest BCUT2D eigenvalue weighted by Gasteiger charge is 2.27. The molecule has 1 aliphatic rings. The van der Waals surface area contributed by atoms with Crippen molar-refractivity contribution in [3.05, 3.63) is 22.3 Å². The highest BCUT2D eigenvalue weighted by molar-refractivity contribution is 6.35. The first-order valence-corrected chi connectivity index (χ1v) is 7.57. The van der Waals surface area contributed by atoms with Crippen molar-refractivity contribution < 1.29 is 9.90 Å². The van der Waals surface area contributed by atoms with Crippen LogP contribution in [0.2, 0.25) is 10.0 Å². The van der Waals surface area contributed by atoms with E-state index in [0.29, 0.717) is 35.5 Å². The lowest BCUT2D eigenvalue weighted by Gasteiger charge is -2.23. The third-order valence-corrected chi connectivity index (χ3v) is 3.85. The fraction of sp³-hybridized carbons (Fsp3) is 0.538. The molecule has 0 unspecified atom stereocenters. The molecule has 0 spiro atoms. The van der Waals surface area contributed by atoms with Gasteiger partial charge in [0.05, 0.1) is 22.7 Å². The van der Waals surface area contributed by atoms with Crippen molar-refractivity contribution in [2.45, 2.75) is 18.9 Å². The maximum Gasteiger partial charge on any atom is 0.317 e. The highest BCUT2D eigenvalue weighted by Crippen LogP contribution is 2.22. The van der Waals surface area contributed by atoms with Gasteiger partial charge in [0.15, 0.2) is 0 Å². The van der Waals surface area contributed by atoms with Gasteiger partial charge in [0.25, 0.3) is 0 Å². The Hall–Kier alpha value is -1.24. The van der Waals surface area contributed by atoms with Crippen LogP contribution < -0.4 is 10.6 Å². The molecule has 0 saturated carbocycles. The first-order valence-electron chi connectivity index (χ1n) is 6.82. The molecule has 0 bridgehead atoms. The number of carbonyl (C=O) groups is 1. The molecule has 3 N–H and O–H groups in total. The minimum atomic E-state index is -0.150. The summed E-state index contributed by atoms with van der Waals surface area (Å²) >= 11 is 11.7. The van der Waals surface area contributed by atoms with Crippen molar-refractivity contribution in [1.82, 2.24) is 15.2 Å². The van der Waals surface area contributed by atoms with Gasteiger partial charge in [-0.25, -0.2) is 9.78 Å². The molecular weight excluding hydrogens is 315 g/mol. The zero-order valence-corrected chi connectivity index (χ0v) is 13.0. The normalized spacial score (nSPS) is 17.9. The Bertz CT molecular complexity index is 501. The predicted molar refractivity (Wildman–Crippen MR) is 83.0 cm³/mol. The molecule has 1 aliphatic heterocycles. The fourth-order valence-corrected chi connectivity index (χ4v) is 2.74. The molecule has 2 rings (SSSR count). The number of amides is 2. The Labute approximate surface area is 133 Å². The molecule has 1 aromatic heterocycles. The summed E-state index contributed by atoms with van der Waals surface area (Å²) in [7, 11) is 0. The van der Waals surface area contributed by atoms with Gasteiger partial charge >= 0.3 is 6.03 Å². The number of anilines is 1. The zero-order valence-electron chi connectivity index (χ0n) is 11.5. The Morgan fingerprint density at radius 1 is 1.48 bits per heavy atom. The van der Waals surface area contributed by atoms with Crippen LogP contribution in [0.3, 0.4) is 0 Å². The molecule has 6 nitrogen and oxygen atoms in total. The third kappa shape index (κ3) is 4.36.